The number of carbonyl (C=O) groups excluding carboxylic acids is 1. The van der Waals surface area contributed by atoms with E-state index in [0.717, 1.165) is 24.1 Å². The normalized spacial score (nSPS) is 19.6. The summed E-state index contributed by atoms with van der Waals surface area (Å²) in [6, 6.07) is 12.2. The van der Waals surface area contributed by atoms with E-state index in [0.29, 0.717) is 31.6 Å². The van der Waals surface area contributed by atoms with Gasteiger partial charge in [-0.2, -0.15) is 4.31 Å². The second-order valence-corrected chi connectivity index (χ2v) is 12.0. The highest BCUT2D eigenvalue weighted by Gasteiger charge is 2.36. The molecule has 0 bridgehead atoms. The molecule has 9 heteroatoms. The maximum Gasteiger partial charge on any atom is 0.248 e. The van der Waals surface area contributed by atoms with Crippen molar-refractivity contribution >= 4 is 39.4 Å². The zero-order valence-electron chi connectivity index (χ0n) is 19.6. The Morgan fingerprint density at radius 2 is 1.94 bits per heavy atom. The van der Waals surface area contributed by atoms with Crippen molar-refractivity contribution in [1.82, 2.24) is 14.8 Å². The zero-order chi connectivity index (χ0) is 24.4. The number of nitrogens with zero attached hydrogens (tertiary/aromatic N) is 2. The van der Waals surface area contributed by atoms with Gasteiger partial charge < -0.3 is 9.84 Å². The van der Waals surface area contributed by atoms with E-state index in [4.69, 9.17) is 4.52 Å². The molecule has 7 nitrogen and oxygen atoms in total. The largest absolute Gasteiger partial charge is 0.355 e. The fourth-order valence-corrected chi connectivity index (χ4v) is 7.36. The third-order valence-corrected chi connectivity index (χ3v) is 9.78. The van der Waals surface area contributed by atoms with Gasteiger partial charge in [-0.05, 0) is 73.8 Å². The molecule has 35 heavy (non-hydrogen) atoms. The average Bonchev–Trinajstić information content (AvgIpc) is 3.53. The van der Waals surface area contributed by atoms with E-state index in [1.165, 1.54) is 15.4 Å². The Morgan fingerprint density at radius 3 is 2.71 bits per heavy atom. The van der Waals surface area contributed by atoms with Gasteiger partial charge in [0, 0.05) is 23.9 Å². The van der Waals surface area contributed by atoms with Gasteiger partial charge in [-0.3, -0.25) is 4.79 Å². The standard InChI is InChI=1S/C26H29N3O4S2/c1-18-25(24(33-28-18)12-11-21-8-5-17-34-21)35(31,32)29-15-13-20(14-16-29)26(30)27-23-10-4-7-19-6-2-3-9-22(19)23/h2-3,5-6,8-9,11-12,17,20,23H,4,7,10,13-16H2,1H3,(H,27,30)/b12-11+/t23-/m0/s1. The molecule has 1 saturated heterocycles. The van der Waals surface area contributed by atoms with E-state index < -0.39 is 10.0 Å². The molecule has 1 N–H and O–H groups in total. The Kier molecular flexibility index (Phi) is 6.91. The lowest BCUT2D eigenvalue weighted by Gasteiger charge is -2.32. The summed E-state index contributed by atoms with van der Waals surface area (Å²) in [7, 11) is -3.79. The van der Waals surface area contributed by atoms with Gasteiger partial charge in [-0.1, -0.05) is 35.5 Å². The van der Waals surface area contributed by atoms with Crippen molar-refractivity contribution in [2.75, 3.05) is 13.1 Å². The molecule has 1 atom stereocenters. The molecule has 0 saturated carbocycles. The number of sulfonamides is 1. The molecule has 1 fully saturated rings. The summed E-state index contributed by atoms with van der Waals surface area (Å²) in [6.45, 7) is 2.22. The van der Waals surface area contributed by atoms with E-state index in [-0.39, 0.29) is 28.5 Å². The van der Waals surface area contributed by atoms with E-state index in [2.05, 4.69) is 22.6 Å². The quantitative estimate of drug-likeness (QED) is 0.513. The van der Waals surface area contributed by atoms with Crippen LogP contribution in [-0.2, 0) is 21.2 Å². The number of thiophene rings is 1. The van der Waals surface area contributed by atoms with Crippen LogP contribution in [0, 0.1) is 12.8 Å². The third-order valence-electron chi connectivity index (χ3n) is 6.88. The predicted octanol–water partition coefficient (Wildman–Crippen LogP) is 4.81. The Hall–Kier alpha value is -2.75. The van der Waals surface area contributed by atoms with Crippen LogP contribution < -0.4 is 5.32 Å². The predicted molar refractivity (Wildman–Crippen MR) is 136 cm³/mol. The summed E-state index contributed by atoms with van der Waals surface area (Å²) in [5.74, 6) is 0.0496. The number of piperidine rings is 1. The molecule has 5 rings (SSSR count). The number of hydrogen-bond donors (Lipinski definition) is 1. The molecule has 2 aromatic heterocycles. The summed E-state index contributed by atoms with van der Waals surface area (Å²) in [5, 5.41) is 9.10. The van der Waals surface area contributed by atoms with Gasteiger partial charge in [-0.25, -0.2) is 8.42 Å². The van der Waals surface area contributed by atoms with E-state index in [9.17, 15) is 13.2 Å². The van der Waals surface area contributed by atoms with Crippen LogP contribution >= 0.6 is 11.3 Å². The molecular formula is C26H29N3O4S2. The Labute approximate surface area is 209 Å². The lowest BCUT2D eigenvalue weighted by Crippen LogP contribution is -2.44. The van der Waals surface area contributed by atoms with Crippen LogP contribution in [0.25, 0.3) is 12.2 Å². The van der Waals surface area contributed by atoms with Crippen LogP contribution in [0.5, 0.6) is 0 Å². The minimum Gasteiger partial charge on any atom is -0.355 e. The van der Waals surface area contributed by atoms with Gasteiger partial charge in [0.05, 0.1) is 6.04 Å². The van der Waals surface area contributed by atoms with Gasteiger partial charge in [-0.15, -0.1) is 11.3 Å². The zero-order valence-corrected chi connectivity index (χ0v) is 21.3. The number of rotatable bonds is 6. The lowest BCUT2D eigenvalue weighted by atomic mass is 9.87. The monoisotopic (exact) mass is 511 g/mol. The maximum atomic E-state index is 13.5. The number of fused-ring (bicyclic) bond motifs is 1. The number of hydrogen-bond acceptors (Lipinski definition) is 6. The van der Waals surface area contributed by atoms with Gasteiger partial charge in [0.15, 0.2) is 10.7 Å². The van der Waals surface area contributed by atoms with Crippen molar-refractivity contribution in [3.63, 3.8) is 0 Å². The second-order valence-electron chi connectivity index (χ2n) is 9.14. The molecule has 0 unspecified atom stereocenters. The number of nitrogens with one attached hydrogen (secondary N) is 1. The van der Waals surface area contributed by atoms with Crippen molar-refractivity contribution in [3.05, 3.63) is 69.2 Å². The number of benzene rings is 1. The lowest BCUT2D eigenvalue weighted by molar-refractivity contribution is -0.127. The highest BCUT2D eigenvalue weighted by molar-refractivity contribution is 7.89. The number of carbonyl (C=O) groups is 1. The average molecular weight is 512 g/mol. The van der Waals surface area contributed by atoms with Crippen molar-refractivity contribution in [2.45, 2.75) is 50.0 Å². The highest BCUT2D eigenvalue weighted by atomic mass is 32.2. The topological polar surface area (TPSA) is 92.5 Å². The minimum atomic E-state index is -3.79. The maximum absolute atomic E-state index is 13.5. The minimum absolute atomic E-state index is 0.0180. The first-order chi connectivity index (χ1) is 16.9. The Bertz CT molecular complexity index is 1320. The first kappa shape index (κ1) is 24.0. The fraction of sp³-hybridized carbons (Fsp3) is 0.385. The second kappa shape index (κ2) is 10.1. The van der Waals surface area contributed by atoms with Gasteiger partial charge in [0.25, 0.3) is 0 Å². The van der Waals surface area contributed by atoms with Crippen molar-refractivity contribution in [1.29, 1.82) is 0 Å². The summed E-state index contributed by atoms with van der Waals surface area (Å²) in [5.41, 5.74) is 2.85. The highest BCUT2D eigenvalue weighted by Crippen LogP contribution is 2.32. The van der Waals surface area contributed by atoms with Crippen LogP contribution in [0.2, 0.25) is 0 Å². The van der Waals surface area contributed by atoms with Gasteiger partial charge in [0.2, 0.25) is 15.9 Å². The first-order valence-electron chi connectivity index (χ1n) is 12.0. The smallest absolute Gasteiger partial charge is 0.248 e. The van der Waals surface area contributed by atoms with Crippen LogP contribution in [0.1, 0.15) is 59.2 Å². The molecule has 1 amide bonds. The number of aromatic nitrogens is 1. The van der Waals surface area contributed by atoms with E-state index in [1.54, 1.807) is 24.3 Å². The van der Waals surface area contributed by atoms with E-state index >= 15 is 0 Å². The van der Waals surface area contributed by atoms with Crippen LogP contribution in [-0.4, -0.2) is 36.9 Å². The number of amides is 1. The molecule has 184 valence electrons. The van der Waals surface area contributed by atoms with Crippen molar-refractivity contribution in [2.24, 2.45) is 5.92 Å². The summed E-state index contributed by atoms with van der Waals surface area (Å²) >= 11 is 1.56. The molecule has 1 aromatic carbocycles. The SMILES string of the molecule is Cc1noc(/C=C/c2cccs2)c1S(=O)(=O)N1CCC(C(=O)N[C@H]2CCCc3ccccc32)CC1. The van der Waals surface area contributed by atoms with Crippen LogP contribution in [0.4, 0.5) is 0 Å². The molecule has 3 aromatic rings. The molecular weight excluding hydrogens is 482 g/mol. The molecule has 1 aliphatic carbocycles. The summed E-state index contributed by atoms with van der Waals surface area (Å²) in [4.78, 5) is 14.2. The molecule has 2 aliphatic rings. The Balaban J connectivity index is 1.24. The Morgan fingerprint density at radius 1 is 1.14 bits per heavy atom. The first-order valence-corrected chi connectivity index (χ1v) is 14.3. The third kappa shape index (κ3) is 4.98. The van der Waals surface area contributed by atoms with Gasteiger partial charge >= 0.3 is 0 Å². The molecule has 1 aliphatic heterocycles. The molecule has 0 spiro atoms. The fourth-order valence-electron chi connectivity index (χ4n) is 5.02. The van der Waals surface area contributed by atoms with Crippen molar-refractivity contribution < 1.29 is 17.7 Å². The number of aryl methyl sites for hydroxylation is 2. The molecule has 0 radical (unpaired) electrons. The van der Waals surface area contributed by atoms with Crippen LogP contribution in [0.15, 0.2) is 51.2 Å². The molecule has 3 heterocycles. The van der Waals surface area contributed by atoms with E-state index in [1.807, 2.05) is 35.7 Å². The summed E-state index contributed by atoms with van der Waals surface area (Å²) < 4.78 is 33.7. The summed E-state index contributed by atoms with van der Waals surface area (Å²) in [6.07, 6.45) is 7.49. The van der Waals surface area contributed by atoms with Crippen molar-refractivity contribution in [3.8, 4) is 0 Å². The van der Waals surface area contributed by atoms with Gasteiger partial charge in [0.1, 0.15) is 5.69 Å². The van der Waals surface area contributed by atoms with Crippen LogP contribution in [0.3, 0.4) is 0 Å².